The summed E-state index contributed by atoms with van der Waals surface area (Å²) in [4.78, 5) is 15.8. The molecule has 0 aliphatic carbocycles. The van der Waals surface area contributed by atoms with E-state index < -0.39 is 17.4 Å². The number of hydrogen-bond acceptors (Lipinski definition) is 5. The number of likely N-dealkylation sites (tertiary alicyclic amines) is 1. The molecule has 1 saturated heterocycles. The number of amides is 1. The van der Waals surface area contributed by atoms with E-state index in [0.717, 1.165) is 13.1 Å². The molecule has 0 bridgehead atoms. The first kappa shape index (κ1) is 17.4. The fourth-order valence-corrected chi connectivity index (χ4v) is 3.54. The van der Waals surface area contributed by atoms with Gasteiger partial charge in [-0.15, -0.1) is 11.3 Å². The molecule has 2 unspecified atom stereocenters. The molecule has 3 N–H and O–H groups in total. The van der Waals surface area contributed by atoms with Crippen LogP contribution in [0.25, 0.3) is 0 Å². The second-order valence-corrected chi connectivity index (χ2v) is 7.55. The maximum Gasteiger partial charge on any atom is 0.249 e. The van der Waals surface area contributed by atoms with E-state index in [4.69, 9.17) is 0 Å². The zero-order valence-corrected chi connectivity index (χ0v) is 14.1. The van der Waals surface area contributed by atoms with Crippen LogP contribution >= 0.6 is 11.3 Å². The Morgan fingerprint density at radius 2 is 2.14 bits per heavy atom. The standard InChI is InChI=1S/C16H26N2O3S/c1-16(2,11-19)14(20)15(21)17-10-12(13-6-5-9-22-13)18-7-3-4-8-18/h5-6,9,12,14,19-20H,3-4,7-8,10-11H2,1-2H3,(H,17,21). The lowest BCUT2D eigenvalue weighted by Crippen LogP contribution is -2.47. The molecule has 0 saturated carbocycles. The highest BCUT2D eigenvalue weighted by atomic mass is 32.1. The molecule has 0 spiro atoms. The highest BCUT2D eigenvalue weighted by Gasteiger charge is 2.33. The average Bonchev–Trinajstić information content (AvgIpc) is 3.20. The lowest BCUT2D eigenvalue weighted by atomic mass is 9.87. The fourth-order valence-electron chi connectivity index (χ4n) is 2.68. The summed E-state index contributed by atoms with van der Waals surface area (Å²) in [7, 11) is 0. The molecule has 124 valence electrons. The van der Waals surface area contributed by atoms with E-state index in [1.807, 2.05) is 11.4 Å². The first-order valence-corrected chi connectivity index (χ1v) is 8.68. The van der Waals surface area contributed by atoms with Gasteiger partial charge in [-0.05, 0) is 37.4 Å². The minimum Gasteiger partial charge on any atom is -0.396 e. The van der Waals surface area contributed by atoms with Crippen LogP contribution in [-0.4, -0.2) is 53.4 Å². The number of carbonyl (C=O) groups excluding carboxylic acids is 1. The molecular weight excluding hydrogens is 300 g/mol. The Morgan fingerprint density at radius 1 is 1.45 bits per heavy atom. The summed E-state index contributed by atoms with van der Waals surface area (Å²) in [6.07, 6.45) is 1.17. The molecule has 1 amide bonds. The third-order valence-electron chi connectivity index (χ3n) is 4.32. The van der Waals surface area contributed by atoms with Gasteiger partial charge in [-0.3, -0.25) is 9.69 Å². The van der Waals surface area contributed by atoms with E-state index in [9.17, 15) is 15.0 Å². The maximum absolute atomic E-state index is 12.2. The molecule has 0 radical (unpaired) electrons. The Balaban J connectivity index is 1.98. The van der Waals surface area contributed by atoms with Crippen molar-refractivity contribution in [1.82, 2.24) is 10.2 Å². The van der Waals surface area contributed by atoms with Crippen LogP contribution in [0.4, 0.5) is 0 Å². The maximum atomic E-state index is 12.2. The van der Waals surface area contributed by atoms with Gasteiger partial charge in [0.05, 0.1) is 12.6 Å². The van der Waals surface area contributed by atoms with Gasteiger partial charge in [-0.25, -0.2) is 0 Å². The summed E-state index contributed by atoms with van der Waals surface area (Å²) in [5.41, 5.74) is -0.837. The van der Waals surface area contributed by atoms with Crippen LogP contribution in [0.3, 0.4) is 0 Å². The average molecular weight is 326 g/mol. The van der Waals surface area contributed by atoms with Crippen molar-refractivity contribution in [2.24, 2.45) is 5.41 Å². The number of nitrogens with one attached hydrogen (secondary N) is 1. The van der Waals surface area contributed by atoms with Gasteiger partial charge < -0.3 is 15.5 Å². The quantitative estimate of drug-likeness (QED) is 0.708. The zero-order valence-electron chi connectivity index (χ0n) is 13.3. The lowest BCUT2D eigenvalue weighted by Gasteiger charge is -2.30. The van der Waals surface area contributed by atoms with Crippen molar-refractivity contribution in [1.29, 1.82) is 0 Å². The Labute approximate surface area is 136 Å². The van der Waals surface area contributed by atoms with Crippen molar-refractivity contribution < 1.29 is 15.0 Å². The minimum atomic E-state index is -1.21. The van der Waals surface area contributed by atoms with Crippen LogP contribution < -0.4 is 5.32 Å². The number of hydrogen-bond donors (Lipinski definition) is 3. The third kappa shape index (κ3) is 4.07. The van der Waals surface area contributed by atoms with Crippen LogP contribution in [0.1, 0.15) is 37.6 Å². The van der Waals surface area contributed by atoms with Crippen molar-refractivity contribution in [3.05, 3.63) is 22.4 Å². The first-order valence-electron chi connectivity index (χ1n) is 7.80. The summed E-state index contributed by atoms with van der Waals surface area (Å²) < 4.78 is 0. The number of aliphatic hydroxyl groups is 2. The van der Waals surface area contributed by atoms with Crippen LogP contribution in [-0.2, 0) is 4.79 Å². The lowest BCUT2D eigenvalue weighted by molar-refractivity contribution is -0.137. The molecule has 1 aliphatic rings. The molecule has 2 heterocycles. The van der Waals surface area contributed by atoms with Crippen molar-refractivity contribution in [3.63, 3.8) is 0 Å². The third-order valence-corrected chi connectivity index (χ3v) is 5.29. The molecular formula is C16H26N2O3S. The summed E-state index contributed by atoms with van der Waals surface area (Å²) in [6, 6.07) is 4.28. The summed E-state index contributed by atoms with van der Waals surface area (Å²) >= 11 is 1.69. The topological polar surface area (TPSA) is 72.8 Å². The van der Waals surface area contributed by atoms with Gasteiger partial charge in [0.2, 0.25) is 5.91 Å². The Bertz CT molecular complexity index is 470. The van der Waals surface area contributed by atoms with Gasteiger partial charge in [-0.2, -0.15) is 0 Å². The van der Waals surface area contributed by atoms with E-state index in [1.165, 1.54) is 17.7 Å². The van der Waals surface area contributed by atoms with Crippen LogP contribution in [0, 0.1) is 5.41 Å². The van der Waals surface area contributed by atoms with Gasteiger partial charge >= 0.3 is 0 Å². The molecule has 22 heavy (non-hydrogen) atoms. The summed E-state index contributed by atoms with van der Waals surface area (Å²) in [6.45, 7) is 5.69. The molecule has 2 atom stereocenters. The monoisotopic (exact) mass is 326 g/mol. The Morgan fingerprint density at radius 3 is 2.68 bits per heavy atom. The van der Waals surface area contributed by atoms with Crippen molar-refractivity contribution in [2.45, 2.75) is 38.8 Å². The zero-order chi connectivity index (χ0) is 16.2. The largest absolute Gasteiger partial charge is 0.396 e. The van der Waals surface area contributed by atoms with E-state index in [0.29, 0.717) is 6.54 Å². The molecule has 1 aliphatic heterocycles. The molecule has 6 heteroatoms. The number of aliphatic hydroxyl groups excluding tert-OH is 2. The van der Waals surface area contributed by atoms with Gasteiger partial charge in [0.25, 0.3) is 0 Å². The second-order valence-electron chi connectivity index (χ2n) is 6.57. The normalized spacial score (nSPS) is 19.1. The number of carbonyl (C=O) groups is 1. The fraction of sp³-hybridized carbons (Fsp3) is 0.688. The van der Waals surface area contributed by atoms with Crippen molar-refractivity contribution in [2.75, 3.05) is 26.2 Å². The SMILES string of the molecule is CC(C)(CO)C(O)C(=O)NCC(c1cccs1)N1CCCC1. The van der Waals surface area contributed by atoms with Crippen molar-refractivity contribution >= 4 is 17.2 Å². The van der Waals surface area contributed by atoms with E-state index in [-0.39, 0.29) is 12.6 Å². The number of rotatable bonds is 7. The Kier molecular flexibility index (Phi) is 5.97. The van der Waals surface area contributed by atoms with E-state index in [1.54, 1.807) is 25.2 Å². The van der Waals surface area contributed by atoms with Gasteiger partial charge in [0.15, 0.2) is 0 Å². The van der Waals surface area contributed by atoms with Crippen molar-refractivity contribution in [3.8, 4) is 0 Å². The minimum absolute atomic E-state index is 0.163. The Hall–Kier alpha value is -0.950. The van der Waals surface area contributed by atoms with Gasteiger partial charge in [-0.1, -0.05) is 19.9 Å². The number of thiophene rings is 1. The van der Waals surface area contributed by atoms with Gasteiger partial charge in [0.1, 0.15) is 6.10 Å². The highest BCUT2D eigenvalue weighted by molar-refractivity contribution is 7.10. The smallest absolute Gasteiger partial charge is 0.249 e. The first-order chi connectivity index (χ1) is 10.5. The molecule has 1 aromatic heterocycles. The van der Waals surface area contributed by atoms with E-state index in [2.05, 4.69) is 16.3 Å². The molecule has 1 fully saturated rings. The molecule has 5 nitrogen and oxygen atoms in total. The predicted octanol–water partition coefficient (Wildman–Crippen LogP) is 1.38. The summed E-state index contributed by atoms with van der Waals surface area (Å²) in [5, 5.41) is 24.2. The highest BCUT2D eigenvalue weighted by Crippen LogP contribution is 2.28. The number of nitrogens with zero attached hydrogens (tertiary/aromatic N) is 1. The van der Waals surface area contributed by atoms with Crippen LogP contribution in [0.2, 0.25) is 0 Å². The molecule has 1 aromatic rings. The predicted molar refractivity (Wildman–Crippen MR) is 87.8 cm³/mol. The van der Waals surface area contributed by atoms with Gasteiger partial charge in [0, 0.05) is 16.8 Å². The second kappa shape index (κ2) is 7.55. The van der Waals surface area contributed by atoms with Crippen LogP contribution in [0.5, 0.6) is 0 Å². The van der Waals surface area contributed by atoms with Crippen LogP contribution in [0.15, 0.2) is 17.5 Å². The summed E-state index contributed by atoms with van der Waals surface area (Å²) in [5.74, 6) is -0.417. The molecule has 0 aromatic carbocycles. The molecule has 2 rings (SSSR count). The van der Waals surface area contributed by atoms with E-state index >= 15 is 0 Å².